The van der Waals surface area contributed by atoms with Crippen LogP contribution in [0.4, 0.5) is 11.4 Å². The second-order valence-corrected chi connectivity index (χ2v) is 8.06. The Bertz CT molecular complexity index is 967. The molecule has 1 amide bonds. The molecule has 1 N–H and O–H groups in total. The highest BCUT2D eigenvalue weighted by molar-refractivity contribution is 5.94. The molecule has 0 atom stereocenters. The van der Waals surface area contributed by atoms with Crippen molar-refractivity contribution in [3.8, 4) is 0 Å². The summed E-state index contributed by atoms with van der Waals surface area (Å²) in [6.45, 7) is 7.00. The molecule has 1 saturated heterocycles. The minimum Gasteiger partial charge on any atom is -0.452 e. The molecular weight excluding hydrogens is 394 g/mol. The lowest BCUT2D eigenvalue weighted by atomic mass is 10.2. The number of anilines is 2. The molecule has 0 radical (unpaired) electrons. The number of hydrogen-bond donors (Lipinski definition) is 1. The molecule has 0 unspecified atom stereocenters. The SMILES string of the molecule is Cc1cc(/C=C/C(=O)OCC(=O)Nc2ccc(N3CCOCC3)cc2)c(C)n1C1CC1. The Kier molecular flexibility index (Phi) is 6.42. The minimum atomic E-state index is -0.533. The number of aryl methyl sites for hydroxylation is 1. The molecule has 4 rings (SSSR count). The molecule has 7 nitrogen and oxygen atoms in total. The van der Waals surface area contributed by atoms with Crippen molar-refractivity contribution in [2.75, 3.05) is 43.1 Å². The number of esters is 1. The Morgan fingerprint density at radius 3 is 2.55 bits per heavy atom. The van der Waals surface area contributed by atoms with Gasteiger partial charge in [0.25, 0.3) is 5.91 Å². The van der Waals surface area contributed by atoms with Gasteiger partial charge in [-0.3, -0.25) is 4.79 Å². The number of aromatic nitrogens is 1. The zero-order valence-electron chi connectivity index (χ0n) is 18.1. The van der Waals surface area contributed by atoms with E-state index in [1.54, 1.807) is 6.08 Å². The number of carbonyl (C=O) groups is 2. The summed E-state index contributed by atoms with van der Waals surface area (Å²) in [5.74, 6) is -0.901. The van der Waals surface area contributed by atoms with Gasteiger partial charge in [0, 0.05) is 48.0 Å². The second kappa shape index (κ2) is 9.39. The van der Waals surface area contributed by atoms with Crippen molar-refractivity contribution in [1.29, 1.82) is 0 Å². The first-order chi connectivity index (χ1) is 15.0. The van der Waals surface area contributed by atoms with E-state index in [0.717, 1.165) is 43.2 Å². The van der Waals surface area contributed by atoms with Gasteiger partial charge in [-0.25, -0.2) is 4.79 Å². The molecule has 1 aromatic heterocycles. The third-order valence-electron chi connectivity index (χ3n) is 5.71. The van der Waals surface area contributed by atoms with E-state index in [-0.39, 0.29) is 12.5 Å². The first kappa shape index (κ1) is 21.2. The number of hydrogen-bond acceptors (Lipinski definition) is 5. The van der Waals surface area contributed by atoms with Gasteiger partial charge in [-0.15, -0.1) is 0 Å². The number of morpholine rings is 1. The van der Waals surface area contributed by atoms with Gasteiger partial charge in [0.2, 0.25) is 0 Å². The van der Waals surface area contributed by atoms with E-state index in [2.05, 4.69) is 34.7 Å². The highest BCUT2D eigenvalue weighted by Gasteiger charge is 2.26. The molecule has 1 aromatic carbocycles. The van der Waals surface area contributed by atoms with E-state index in [1.165, 1.54) is 24.6 Å². The third-order valence-corrected chi connectivity index (χ3v) is 5.71. The molecule has 2 heterocycles. The number of rotatable bonds is 7. The van der Waals surface area contributed by atoms with Gasteiger partial charge in [-0.2, -0.15) is 0 Å². The van der Waals surface area contributed by atoms with Gasteiger partial charge in [0.05, 0.1) is 13.2 Å². The summed E-state index contributed by atoms with van der Waals surface area (Å²) >= 11 is 0. The number of carbonyl (C=O) groups excluding carboxylic acids is 2. The fourth-order valence-corrected chi connectivity index (χ4v) is 3.98. The van der Waals surface area contributed by atoms with Crippen LogP contribution in [-0.4, -0.2) is 49.4 Å². The van der Waals surface area contributed by atoms with E-state index in [4.69, 9.17) is 9.47 Å². The quantitative estimate of drug-likeness (QED) is 0.545. The van der Waals surface area contributed by atoms with Crippen molar-refractivity contribution < 1.29 is 19.1 Å². The molecule has 1 aliphatic carbocycles. The van der Waals surface area contributed by atoms with E-state index in [9.17, 15) is 9.59 Å². The standard InChI is InChI=1S/C24H29N3O4/c1-17-15-19(18(2)27(17)22-8-9-22)3-10-24(29)31-16-23(28)25-20-4-6-21(7-5-20)26-11-13-30-14-12-26/h3-7,10,15,22H,8-9,11-14,16H2,1-2H3,(H,25,28)/b10-3+. The first-order valence-electron chi connectivity index (χ1n) is 10.8. The van der Waals surface area contributed by atoms with Crippen LogP contribution in [0, 0.1) is 13.8 Å². The van der Waals surface area contributed by atoms with Gasteiger partial charge < -0.3 is 24.3 Å². The van der Waals surface area contributed by atoms with Crippen molar-refractivity contribution in [2.24, 2.45) is 0 Å². The van der Waals surface area contributed by atoms with Crippen LogP contribution in [0.25, 0.3) is 6.08 Å². The van der Waals surface area contributed by atoms with Crippen molar-refractivity contribution in [1.82, 2.24) is 4.57 Å². The predicted octanol–water partition coefficient (Wildman–Crippen LogP) is 3.47. The molecule has 164 valence electrons. The first-order valence-corrected chi connectivity index (χ1v) is 10.8. The van der Waals surface area contributed by atoms with E-state index >= 15 is 0 Å². The molecule has 1 aliphatic heterocycles. The Hall–Kier alpha value is -3.06. The van der Waals surface area contributed by atoms with Gasteiger partial charge in [0.1, 0.15) is 0 Å². The monoisotopic (exact) mass is 423 g/mol. The molecule has 2 aliphatic rings. The van der Waals surface area contributed by atoms with Crippen LogP contribution in [0.3, 0.4) is 0 Å². The summed E-state index contributed by atoms with van der Waals surface area (Å²) in [5, 5.41) is 2.75. The van der Waals surface area contributed by atoms with Crippen LogP contribution in [-0.2, 0) is 19.1 Å². The molecule has 1 saturated carbocycles. The maximum atomic E-state index is 12.1. The van der Waals surface area contributed by atoms with Crippen LogP contribution in [0.1, 0.15) is 35.8 Å². The Balaban J connectivity index is 1.24. The topological polar surface area (TPSA) is 72.8 Å². The fraction of sp³-hybridized carbons (Fsp3) is 0.417. The Labute approximate surface area is 182 Å². The Morgan fingerprint density at radius 2 is 1.87 bits per heavy atom. The predicted molar refractivity (Wildman–Crippen MR) is 120 cm³/mol. The number of ether oxygens (including phenoxy) is 2. The summed E-state index contributed by atoms with van der Waals surface area (Å²) < 4.78 is 12.8. The van der Waals surface area contributed by atoms with Crippen molar-refractivity contribution in [3.63, 3.8) is 0 Å². The molecule has 0 spiro atoms. The number of nitrogens with zero attached hydrogens (tertiary/aromatic N) is 2. The molecule has 31 heavy (non-hydrogen) atoms. The number of benzene rings is 1. The van der Waals surface area contributed by atoms with Gasteiger partial charge in [-0.1, -0.05) is 0 Å². The lowest BCUT2D eigenvalue weighted by Gasteiger charge is -2.28. The van der Waals surface area contributed by atoms with Crippen LogP contribution >= 0.6 is 0 Å². The van der Waals surface area contributed by atoms with Crippen molar-refractivity contribution in [3.05, 3.63) is 53.4 Å². The molecule has 2 aromatic rings. The average molecular weight is 424 g/mol. The largest absolute Gasteiger partial charge is 0.452 e. The highest BCUT2D eigenvalue weighted by Crippen LogP contribution is 2.38. The zero-order valence-corrected chi connectivity index (χ0v) is 18.1. The lowest BCUT2D eigenvalue weighted by Crippen LogP contribution is -2.36. The second-order valence-electron chi connectivity index (χ2n) is 8.06. The van der Waals surface area contributed by atoms with Crippen molar-refractivity contribution in [2.45, 2.75) is 32.7 Å². The van der Waals surface area contributed by atoms with Gasteiger partial charge in [0.15, 0.2) is 6.61 Å². The van der Waals surface area contributed by atoms with Crippen LogP contribution in [0.5, 0.6) is 0 Å². The fourth-order valence-electron chi connectivity index (χ4n) is 3.98. The van der Waals surface area contributed by atoms with Crippen LogP contribution in [0.15, 0.2) is 36.4 Å². The summed E-state index contributed by atoms with van der Waals surface area (Å²) in [6.07, 6.45) is 5.56. The highest BCUT2D eigenvalue weighted by atomic mass is 16.5. The maximum absolute atomic E-state index is 12.1. The van der Waals surface area contributed by atoms with Crippen LogP contribution in [0.2, 0.25) is 0 Å². The van der Waals surface area contributed by atoms with Gasteiger partial charge in [-0.05, 0) is 68.7 Å². The number of nitrogens with one attached hydrogen (secondary N) is 1. The normalized spacial score (nSPS) is 16.5. The van der Waals surface area contributed by atoms with Crippen LogP contribution < -0.4 is 10.2 Å². The third kappa shape index (κ3) is 5.35. The summed E-state index contributed by atoms with van der Waals surface area (Å²) in [5.41, 5.74) is 5.13. The van der Waals surface area contributed by atoms with Gasteiger partial charge >= 0.3 is 5.97 Å². The maximum Gasteiger partial charge on any atom is 0.331 e. The summed E-state index contributed by atoms with van der Waals surface area (Å²) in [4.78, 5) is 26.4. The molecule has 0 bridgehead atoms. The minimum absolute atomic E-state index is 0.324. The zero-order chi connectivity index (χ0) is 21.8. The Morgan fingerprint density at radius 1 is 1.16 bits per heavy atom. The molecule has 7 heteroatoms. The lowest BCUT2D eigenvalue weighted by molar-refractivity contribution is -0.142. The summed E-state index contributed by atoms with van der Waals surface area (Å²) in [6, 6.07) is 10.3. The molecule has 2 fully saturated rings. The summed E-state index contributed by atoms with van der Waals surface area (Å²) in [7, 11) is 0. The van der Waals surface area contributed by atoms with E-state index < -0.39 is 5.97 Å². The van der Waals surface area contributed by atoms with E-state index in [0.29, 0.717) is 11.7 Å². The smallest absolute Gasteiger partial charge is 0.331 e. The number of amides is 1. The van der Waals surface area contributed by atoms with Crippen molar-refractivity contribution >= 4 is 29.3 Å². The molecular formula is C24H29N3O4. The van der Waals surface area contributed by atoms with E-state index in [1.807, 2.05) is 24.3 Å². The average Bonchev–Trinajstić information content (AvgIpc) is 3.57.